The molecule has 2 aromatic rings. The Morgan fingerprint density at radius 2 is 2.13 bits per heavy atom. The highest BCUT2D eigenvalue weighted by Crippen LogP contribution is 2.51. The molecule has 4 heterocycles. The van der Waals surface area contributed by atoms with Crippen LogP contribution < -0.4 is 0 Å². The van der Waals surface area contributed by atoms with Crippen LogP contribution in [0.3, 0.4) is 0 Å². The maximum Gasteiger partial charge on any atom is 0.439 e. The first-order chi connectivity index (χ1) is 10.9. The van der Waals surface area contributed by atoms with Crippen LogP contribution in [0.2, 0.25) is 0 Å². The number of thiazole rings is 1. The number of carbonyl (C=O) groups is 1. The molecule has 0 bridgehead atoms. The van der Waals surface area contributed by atoms with Crippen molar-refractivity contribution in [2.45, 2.75) is 30.7 Å². The topological polar surface area (TPSA) is 70.8 Å². The van der Waals surface area contributed by atoms with Crippen molar-refractivity contribution in [2.75, 3.05) is 6.54 Å². The Bertz CT molecular complexity index is 811. The Morgan fingerprint density at radius 1 is 1.35 bits per heavy atom. The maximum absolute atomic E-state index is 13.2. The van der Waals surface area contributed by atoms with E-state index in [9.17, 15) is 18.0 Å². The van der Waals surface area contributed by atoms with Gasteiger partial charge in [0.15, 0.2) is 0 Å². The fraction of sp³-hybridized carbons (Fsp3) is 0.462. The van der Waals surface area contributed by atoms with E-state index in [1.165, 1.54) is 22.4 Å². The first-order valence-electron chi connectivity index (χ1n) is 6.93. The van der Waals surface area contributed by atoms with Crippen molar-refractivity contribution in [1.29, 1.82) is 0 Å². The summed E-state index contributed by atoms with van der Waals surface area (Å²) in [5.41, 5.74) is -0.0566. The number of amides is 1. The lowest BCUT2D eigenvalue weighted by Crippen LogP contribution is -2.52. The highest BCUT2D eigenvalue weighted by Gasteiger charge is 2.70. The van der Waals surface area contributed by atoms with E-state index in [-0.39, 0.29) is 18.5 Å². The smallest absolute Gasteiger partial charge is 0.331 e. The highest BCUT2D eigenvalue weighted by atomic mass is 32.1. The zero-order valence-electron chi connectivity index (χ0n) is 11.6. The van der Waals surface area contributed by atoms with Crippen molar-refractivity contribution < 1.29 is 18.0 Å². The fourth-order valence-corrected chi connectivity index (χ4v) is 3.57. The fourth-order valence-electron chi connectivity index (χ4n) is 2.96. The summed E-state index contributed by atoms with van der Waals surface area (Å²) in [7, 11) is 0. The molecule has 1 saturated heterocycles. The van der Waals surface area contributed by atoms with Crippen molar-refractivity contribution in [1.82, 2.24) is 14.9 Å². The quantitative estimate of drug-likeness (QED) is 0.843. The molecule has 2 aliphatic rings. The van der Waals surface area contributed by atoms with Crippen LogP contribution in [0.4, 0.5) is 13.2 Å². The number of fused-ring (bicyclic) bond motifs is 1. The SMILES string of the molecule is O=C(c1cnc2scnc2c1)N1CCCC1C1(C(F)(F)F)N=N1. The molecule has 120 valence electrons. The summed E-state index contributed by atoms with van der Waals surface area (Å²) in [6.07, 6.45) is -2.49. The van der Waals surface area contributed by atoms with Crippen LogP contribution in [0, 0.1) is 0 Å². The summed E-state index contributed by atoms with van der Waals surface area (Å²) in [6, 6.07) is 0.471. The second kappa shape index (κ2) is 4.70. The van der Waals surface area contributed by atoms with Gasteiger partial charge >= 0.3 is 11.8 Å². The van der Waals surface area contributed by atoms with Crippen LogP contribution in [-0.4, -0.2) is 45.2 Å². The van der Waals surface area contributed by atoms with E-state index in [2.05, 4.69) is 20.2 Å². The van der Waals surface area contributed by atoms with Crippen molar-refractivity contribution in [2.24, 2.45) is 10.2 Å². The number of halogens is 3. The zero-order chi connectivity index (χ0) is 16.2. The predicted molar refractivity (Wildman–Crippen MR) is 75.1 cm³/mol. The van der Waals surface area contributed by atoms with E-state index < -0.39 is 23.8 Å². The molecule has 0 radical (unpaired) electrons. The van der Waals surface area contributed by atoms with Gasteiger partial charge in [-0.2, -0.15) is 13.2 Å². The van der Waals surface area contributed by atoms with Gasteiger partial charge in [0.05, 0.1) is 17.1 Å². The normalized spacial score (nSPS) is 22.7. The van der Waals surface area contributed by atoms with E-state index in [4.69, 9.17) is 0 Å². The standard InChI is InChI=1S/C13H10F3N5OS/c14-13(15,16)12(19-20-12)9-2-1-3-21(9)11(22)7-4-8-10(17-5-7)23-6-18-8/h4-6,9H,1-3H2. The van der Waals surface area contributed by atoms with Crippen molar-refractivity contribution in [3.05, 3.63) is 23.3 Å². The minimum atomic E-state index is -4.59. The van der Waals surface area contributed by atoms with Gasteiger partial charge < -0.3 is 4.90 Å². The molecule has 1 atom stereocenters. The minimum Gasteiger partial charge on any atom is -0.331 e. The molecule has 1 unspecified atom stereocenters. The molecular weight excluding hydrogens is 331 g/mol. The van der Waals surface area contributed by atoms with Crippen molar-refractivity contribution in [3.63, 3.8) is 0 Å². The number of hydrogen-bond acceptors (Lipinski definition) is 6. The van der Waals surface area contributed by atoms with Gasteiger partial charge in [0.2, 0.25) is 0 Å². The van der Waals surface area contributed by atoms with Crippen LogP contribution in [0.1, 0.15) is 23.2 Å². The third-order valence-electron chi connectivity index (χ3n) is 4.15. The van der Waals surface area contributed by atoms with E-state index >= 15 is 0 Å². The molecule has 0 spiro atoms. The largest absolute Gasteiger partial charge is 0.439 e. The summed E-state index contributed by atoms with van der Waals surface area (Å²) in [4.78, 5) is 22.7. The average Bonchev–Trinajstić information content (AvgIpc) is 2.98. The summed E-state index contributed by atoms with van der Waals surface area (Å²) in [5.74, 6) is -0.490. The van der Waals surface area contributed by atoms with Crippen LogP contribution >= 0.6 is 11.3 Å². The lowest BCUT2D eigenvalue weighted by molar-refractivity contribution is -0.175. The number of carbonyl (C=O) groups excluding carboxylic acids is 1. The van der Waals surface area contributed by atoms with E-state index in [0.717, 1.165) is 0 Å². The Labute approximate surface area is 132 Å². The van der Waals surface area contributed by atoms with E-state index in [1.54, 1.807) is 11.6 Å². The van der Waals surface area contributed by atoms with Crippen molar-refractivity contribution >= 4 is 27.6 Å². The first kappa shape index (κ1) is 14.5. The number of pyridine rings is 1. The number of rotatable bonds is 2. The molecule has 1 fully saturated rings. The van der Waals surface area contributed by atoms with Gasteiger partial charge in [-0.15, -0.1) is 21.6 Å². The third-order valence-corrected chi connectivity index (χ3v) is 4.89. The highest BCUT2D eigenvalue weighted by molar-refractivity contribution is 7.16. The monoisotopic (exact) mass is 341 g/mol. The number of aromatic nitrogens is 2. The van der Waals surface area contributed by atoms with Gasteiger partial charge in [0.1, 0.15) is 10.3 Å². The predicted octanol–water partition coefficient (Wildman–Crippen LogP) is 3.02. The maximum atomic E-state index is 13.2. The second-order valence-corrected chi connectivity index (χ2v) is 6.31. The number of hydrogen-bond donors (Lipinski definition) is 0. The Morgan fingerprint density at radius 3 is 2.83 bits per heavy atom. The minimum absolute atomic E-state index is 0.227. The molecule has 0 aromatic carbocycles. The Balaban J connectivity index is 1.65. The van der Waals surface area contributed by atoms with Gasteiger partial charge in [-0.25, -0.2) is 9.97 Å². The zero-order valence-corrected chi connectivity index (χ0v) is 12.4. The van der Waals surface area contributed by atoms with Gasteiger partial charge in [0.25, 0.3) is 5.91 Å². The lowest BCUT2D eigenvalue weighted by Gasteiger charge is -2.29. The molecule has 0 N–H and O–H groups in total. The molecular formula is C13H10F3N5OS. The third kappa shape index (κ3) is 2.12. The van der Waals surface area contributed by atoms with Crippen LogP contribution in [0.15, 0.2) is 28.0 Å². The number of alkyl halides is 3. The van der Waals surface area contributed by atoms with Gasteiger partial charge in [-0.3, -0.25) is 4.79 Å². The Kier molecular flexibility index (Phi) is 2.96. The average molecular weight is 341 g/mol. The molecule has 4 rings (SSSR count). The van der Waals surface area contributed by atoms with E-state index in [0.29, 0.717) is 16.8 Å². The summed E-state index contributed by atoms with van der Waals surface area (Å²) in [5, 5.41) is 6.47. The molecule has 2 aromatic heterocycles. The molecule has 10 heteroatoms. The molecule has 1 amide bonds. The van der Waals surface area contributed by atoms with Crippen LogP contribution in [0.5, 0.6) is 0 Å². The summed E-state index contributed by atoms with van der Waals surface area (Å²) < 4.78 is 39.6. The molecule has 0 saturated carbocycles. The summed E-state index contributed by atoms with van der Waals surface area (Å²) in [6.45, 7) is 0.251. The van der Waals surface area contributed by atoms with E-state index in [1.807, 2.05) is 0 Å². The van der Waals surface area contributed by atoms with Crippen LogP contribution in [-0.2, 0) is 0 Å². The first-order valence-corrected chi connectivity index (χ1v) is 7.81. The Hall–Kier alpha value is -2.10. The van der Waals surface area contributed by atoms with Crippen molar-refractivity contribution in [3.8, 4) is 0 Å². The van der Waals surface area contributed by atoms with Gasteiger partial charge in [0, 0.05) is 12.7 Å². The lowest BCUT2D eigenvalue weighted by atomic mass is 10.0. The van der Waals surface area contributed by atoms with Gasteiger partial charge in [-0.05, 0) is 18.9 Å². The molecule has 0 aliphatic carbocycles. The summed E-state index contributed by atoms with van der Waals surface area (Å²) >= 11 is 1.33. The molecule has 2 aliphatic heterocycles. The van der Waals surface area contributed by atoms with Crippen LogP contribution in [0.25, 0.3) is 10.3 Å². The second-order valence-electron chi connectivity index (χ2n) is 5.48. The number of likely N-dealkylation sites (tertiary alicyclic amines) is 1. The molecule has 23 heavy (non-hydrogen) atoms. The van der Waals surface area contributed by atoms with Gasteiger partial charge in [-0.1, -0.05) is 0 Å². The molecule has 6 nitrogen and oxygen atoms in total. The number of nitrogens with zero attached hydrogens (tertiary/aromatic N) is 5.